The predicted octanol–water partition coefficient (Wildman–Crippen LogP) is 0.173. The summed E-state index contributed by atoms with van der Waals surface area (Å²) in [5.74, 6) is 1.34. The monoisotopic (exact) mass is 189 g/mol. The summed E-state index contributed by atoms with van der Waals surface area (Å²) in [6, 6.07) is 0.262. The average molecular weight is 189 g/mol. The van der Waals surface area contributed by atoms with Crippen LogP contribution in [0.15, 0.2) is 0 Å². The van der Waals surface area contributed by atoms with Gasteiger partial charge in [-0.3, -0.25) is 0 Å². The van der Waals surface area contributed by atoms with E-state index in [0.717, 1.165) is 0 Å². The van der Waals surface area contributed by atoms with Gasteiger partial charge in [-0.05, 0) is 18.8 Å². The van der Waals surface area contributed by atoms with Crippen molar-refractivity contribution in [2.45, 2.75) is 25.3 Å². The first-order valence-corrected chi connectivity index (χ1v) is 6.43. The number of hydrogen-bond donors (Lipinski definition) is 1. The highest BCUT2D eigenvalue weighted by Crippen LogP contribution is 2.30. The van der Waals surface area contributed by atoms with E-state index in [2.05, 4.69) is 5.32 Å². The third-order valence-corrected chi connectivity index (χ3v) is 4.67. The summed E-state index contributed by atoms with van der Waals surface area (Å²) >= 11 is 0. The minimum atomic E-state index is -2.72. The summed E-state index contributed by atoms with van der Waals surface area (Å²) < 4.78 is 22.5. The van der Waals surface area contributed by atoms with Crippen molar-refractivity contribution in [3.05, 3.63) is 0 Å². The van der Waals surface area contributed by atoms with Crippen LogP contribution in [-0.2, 0) is 9.84 Å². The van der Waals surface area contributed by atoms with Gasteiger partial charge < -0.3 is 5.32 Å². The molecule has 1 N–H and O–H groups in total. The minimum Gasteiger partial charge on any atom is -0.312 e. The lowest BCUT2D eigenvalue weighted by atomic mass is 9.80. The number of sulfone groups is 1. The van der Waals surface area contributed by atoms with E-state index in [1.807, 2.05) is 0 Å². The number of hydrogen-bond acceptors (Lipinski definition) is 3. The van der Waals surface area contributed by atoms with E-state index in [4.69, 9.17) is 0 Å². The molecule has 1 heterocycles. The minimum absolute atomic E-state index is 0.262. The van der Waals surface area contributed by atoms with Gasteiger partial charge in [-0.25, -0.2) is 8.42 Å². The Balaban J connectivity index is 1.98. The van der Waals surface area contributed by atoms with Crippen LogP contribution in [0.25, 0.3) is 0 Å². The van der Waals surface area contributed by atoms with Crippen LogP contribution in [0.5, 0.6) is 0 Å². The lowest BCUT2D eigenvalue weighted by Gasteiger charge is -2.36. The Labute approximate surface area is 73.5 Å². The Morgan fingerprint density at radius 1 is 1.25 bits per heavy atom. The van der Waals surface area contributed by atoms with E-state index in [9.17, 15) is 8.42 Å². The molecule has 0 spiro atoms. The third kappa shape index (κ3) is 1.64. The van der Waals surface area contributed by atoms with E-state index in [-0.39, 0.29) is 6.04 Å². The first-order valence-electron chi connectivity index (χ1n) is 4.61. The van der Waals surface area contributed by atoms with Crippen LogP contribution in [-0.4, -0.2) is 32.5 Å². The SMILES string of the molecule is O=S1(=O)CCN[C@H](C2CCC2)C1. The maximum Gasteiger partial charge on any atom is 0.153 e. The van der Waals surface area contributed by atoms with Gasteiger partial charge in [0.1, 0.15) is 0 Å². The van der Waals surface area contributed by atoms with Crippen molar-refractivity contribution < 1.29 is 8.42 Å². The zero-order chi connectivity index (χ0) is 8.60. The molecule has 12 heavy (non-hydrogen) atoms. The molecule has 0 aromatic heterocycles. The second-order valence-corrected chi connectivity index (χ2v) is 6.09. The summed E-state index contributed by atoms with van der Waals surface area (Å²) in [5, 5.41) is 3.30. The normalized spacial score (nSPS) is 35.8. The predicted molar refractivity (Wildman–Crippen MR) is 47.8 cm³/mol. The Hall–Kier alpha value is -0.0900. The summed E-state index contributed by atoms with van der Waals surface area (Å²) in [7, 11) is -2.72. The molecule has 0 aromatic rings. The molecular formula is C8H15NO2S. The first-order chi connectivity index (χ1) is 5.67. The van der Waals surface area contributed by atoms with Crippen LogP contribution in [0.3, 0.4) is 0 Å². The van der Waals surface area contributed by atoms with Crippen molar-refractivity contribution in [3.8, 4) is 0 Å². The molecule has 1 atom stereocenters. The second-order valence-electron chi connectivity index (χ2n) is 3.87. The molecule has 1 saturated carbocycles. The summed E-state index contributed by atoms with van der Waals surface area (Å²) in [6.45, 7) is 0.656. The van der Waals surface area contributed by atoms with Crippen LogP contribution in [0, 0.1) is 5.92 Å². The maximum atomic E-state index is 11.3. The summed E-state index contributed by atoms with van der Waals surface area (Å²) in [6.07, 6.45) is 3.71. The zero-order valence-electron chi connectivity index (χ0n) is 7.12. The van der Waals surface area contributed by atoms with Gasteiger partial charge in [0.05, 0.1) is 11.5 Å². The molecule has 70 valence electrons. The lowest BCUT2D eigenvalue weighted by Crippen LogP contribution is -2.50. The van der Waals surface area contributed by atoms with Gasteiger partial charge in [-0.15, -0.1) is 0 Å². The molecule has 0 unspecified atom stereocenters. The number of nitrogens with one attached hydrogen (secondary N) is 1. The highest BCUT2D eigenvalue weighted by atomic mass is 32.2. The van der Waals surface area contributed by atoms with Crippen LogP contribution < -0.4 is 5.32 Å². The molecule has 2 aliphatic rings. The summed E-state index contributed by atoms with van der Waals surface area (Å²) in [4.78, 5) is 0. The third-order valence-electron chi connectivity index (χ3n) is 2.97. The van der Waals surface area contributed by atoms with Crippen molar-refractivity contribution in [1.29, 1.82) is 0 Å². The van der Waals surface area contributed by atoms with Crippen LogP contribution in [0.2, 0.25) is 0 Å². The summed E-state index contributed by atoms with van der Waals surface area (Å²) in [5.41, 5.74) is 0. The first kappa shape index (κ1) is 8.51. The molecule has 4 heteroatoms. The van der Waals surface area contributed by atoms with Gasteiger partial charge in [-0.1, -0.05) is 6.42 Å². The quantitative estimate of drug-likeness (QED) is 0.640. The smallest absolute Gasteiger partial charge is 0.153 e. The molecule has 2 fully saturated rings. The zero-order valence-corrected chi connectivity index (χ0v) is 7.94. The van der Waals surface area contributed by atoms with Gasteiger partial charge in [-0.2, -0.15) is 0 Å². The highest BCUT2D eigenvalue weighted by molar-refractivity contribution is 7.91. The molecule has 0 aromatic carbocycles. The Morgan fingerprint density at radius 3 is 2.50 bits per heavy atom. The van der Waals surface area contributed by atoms with Gasteiger partial charge >= 0.3 is 0 Å². The van der Waals surface area contributed by atoms with Crippen molar-refractivity contribution in [2.24, 2.45) is 5.92 Å². The maximum absolute atomic E-state index is 11.3. The van der Waals surface area contributed by atoms with Crippen LogP contribution in [0.4, 0.5) is 0 Å². The molecule has 0 radical (unpaired) electrons. The Bertz CT molecular complexity index is 256. The molecular weight excluding hydrogens is 174 g/mol. The molecule has 1 saturated heterocycles. The van der Waals surface area contributed by atoms with Crippen molar-refractivity contribution >= 4 is 9.84 Å². The van der Waals surface area contributed by atoms with Crippen LogP contribution in [0.1, 0.15) is 19.3 Å². The van der Waals surface area contributed by atoms with E-state index < -0.39 is 9.84 Å². The standard InChI is InChI=1S/C8H15NO2S/c10-12(11)5-4-9-8(6-12)7-2-1-3-7/h7-9H,1-6H2/t8-/m0/s1. The van der Waals surface area contributed by atoms with Gasteiger partial charge in [0.2, 0.25) is 0 Å². The molecule has 3 nitrogen and oxygen atoms in total. The van der Waals surface area contributed by atoms with Gasteiger partial charge in [0.15, 0.2) is 9.84 Å². The van der Waals surface area contributed by atoms with Crippen molar-refractivity contribution in [3.63, 3.8) is 0 Å². The fourth-order valence-corrected chi connectivity index (χ4v) is 3.49. The van der Waals surface area contributed by atoms with Crippen molar-refractivity contribution in [2.75, 3.05) is 18.1 Å². The molecule has 1 aliphatic heterocycles. The van der Waals surface area contributed by atoms with Crippen molar-refractivity contribution in [1.82, 2.24) is 5.32 Å². The highest BCUT2D eigenvalue weighted by Gasteiger charge is 2.33. The topological polar surface area (TPSA) is 46.2 Å². The van der Waals surface area contributed by atoms with Gasteiger partial charge in [0, 0.05) is 12.6 Å². The van der Waals surface area contributed by atoms with E-state index in [1.54, 1.807) is 0 Å². The average Bonchev–Trinajstić information content (AvgIpc) is 1.80. The Kier molecular flexibility index (Phi) is 2.12. The Morgan fingerprint density at radius 2 is 2.00 bits per heavy atom. The molecule has 2 rings (SSSR count). The lowest BCUT2D eigenvalue weighted by molar-refractivity contribution is 0.241. The molecule has 0 amide bonds. The largest absolute Gasteiger partial charge is 0.312 e. The van der Waals surface area contributed by atoms with Gasteiger partial charge in [0.25, 0.3) is 0 Å². The fourth-order valence-electron chi connectivity index (χ4n) is 1.96. The molecule has 1 aliphatic carbocycles. The second kappa shape index (κ2) is 3.00. The van der Waals surface area contributed by atoms with E-state index >= 15 is 0 Å². The molecule has 0 bridgehead atoms. The number of rotatable bonds is 1. The van der Waals surface area contributed by atoms with E-state index in [1.165, 1.54) is 19.3 Å². The fraction of sp³-hybridized carbons (Fsp3) is 1.00. The van der Waals surface area contributed by atoms with Crippen LogP contribution >= 0.6 is 0 Å². The van der Waals surface area contributed by atoms with E-state index in [0.29, 0.717) is 24.0 Å².